The molecule has 0 bridgehead atoms. The molecule has 2 rings (SSSR count). The maximum atomic E-state index is 3.78. The first kappa shape index (κ1) is 19.6. The zero-order valence-electron chi connectivity index (χ0n) is 13.4. The van der Waals surface area contributed by atoms with Crippen molar-refractivity contribution >= 4 is 0 Å². The Bertz CT molecular complexity index is 406. The highest BCUT2D eigenvalue weighted by Crippen LogP contribution is 2.13. The van der Waals surface area contributed by atoms with Crippen LogP contribution in [-0.4, -0.2) is 29.1 Å². The Balaban J connectivity index is 0.000000480. The van der Waals surface area contributed by atoms with Crippen LogP contribution in [0.4, 0.5) is 0 Å². The number of quaternary nitrogens is 1. The summed E-state index contributed by atoms with van der Waals surface area (Å²) >= 11 is 0. The van der Waals surface area contributed by atoms with Crippen molar-refractivity contribution in [3.63, 3.8) is 0 Å². The second-order valence-electron chi connectivity index (χ2n) is 4.96. The van der Waals surface area contributed by atoms with Crippen molar-refractivity contribution in [2.24, 2.45) is 0 Å². The van der Waals surface area contributed by atoms with Crippen LogP contribution in [0.5, 0.6) is 0 Å². The molecule has 2 nitrogen and oxygen atoms in total. The standard InChI is InChI=1S/C13H22N.C5H5N.ClH/c1-4-14(5-2,6-3)12-13-10-8-7-9-11-13;1-2-4-6-5-3-1;/h7-11H,4-6,12H2,1-3H3;1-5H;1H/q+1;;/p-1. The maximum Gasteiger partial charge on any atom is 0.104 e. The third-order valence-corrected chi connectivity index (χ3v) is 3.94. The molecule has 1 heterocycles. The Morgan fingerprint density at radius 3 is 1.57 bits per heavy atom. The fourth-order valence-corrected chi connectivity index (χ4v) is 2.29. The minimum absolute atomic E-state index is 0. The molecule has 2 aromatic rings. The molecule has 0 spiro atoms. The summed E-state index contributed by atoms with van der Waals surface area (Å²) in [7, 11) is 0. The molecule has 1 aromatic heterocycles. The van der Waals surface area contributed by atoms with E-state index in [0.717, 1.165) is 0 Å². The van der Waals surface area contributed by atoms with Crippen molar-refractivity contribution in [2.45, 2.75) is 27.3 Å². The Kier molecular flexibility index (Phi) is 10.6. The van der Waals surface area contributed by atoms with Gasteiger partial charge in [-0.2, -0.15) is 0 Å². The molecule has 21 heavy (non-hydrogen) atoms. The quantitative estimate of drug-likeness (QED) is 0.755. The van der Waals surface area contributed by atoms with Crippen LogP contribution in [0.15, 0.2) is 60.9 Å². The molecule has 0 unspecified atom stereocenters. The number of rotatable bonds is 5. The van der Waals surface area contributed by atoms with E-state index in [1.807, 2.05) is 18.2 Å². The molecule has 0 amide bonds. The number of hydrogen-bond donors (Lipinski definition) is 0. The minimum Gasteiger partial charge on any atom is -1.00 e. The summed E-state index contributed by atoms with van der Waals surface area (Å²) in [6.45, 7) is 11.7. The zero-order valence-corrected chi connectivity index (χ0v) is 14.1. The van der Waals surface area contributed by atoms with Crippen LogP contribution < -0.4 is 12.4 Å². The lowest BCUT2D eigenvalue weighted by Gasteiger charge is -2.35. The Morgan fingerprint density at radius 1 is 0.762 bits per heavy atom. The van der Waals surface area contributed by atoms with Gasteiger partial charge >= 0.3 is 0 Å². The third-order valence-electron chi connectivity index (χ3n) is 3.94. The molecular weight excluding hydrogens is 280 g/mol. The van der Waals surface area contributed by atoms with E-state index in [2.05, 4.69) is 56.1 Å². The van der Waals surface area contributed by atoms with Gasteiger partial charge in [0.05, 0.1) is 19.6 Å². The summed E-state index contributed by atoms with van der Waals surface area (Å²) in [5.74, 6) is 0. The van der Waals surface area contributed by atoms with Crippen molar-refractivity contribution in [2.75, 3.05) is 19.6 Å². The zero-order chi connectivity index (χ0) is 14.7. The van der Waals surface area contributed by atoms with Crippen LogP contribution in [0.1, 0.15) is 26.3 Å². The highest BCUT2D eigenvalue weighted by molar-refractivity contribution is 5.13. The second-order valence-corrected chi connectivity index (χ2v) is 4.96. The molecule has 0 radical (unpaired) electrons. The molecule has 3 heteroatoms. The van der Waals surface area contributed by atoms with Gasteiger partial charge < -0.3 is 16.9 Å². The van der Waals surface area contributed by atoms with E-state index in [0.29, 0.717) is 0 Å². The first-order valence-corrected chi connectivity index (χ1v) is 7.50. The normalized spacial score (nSPS) is 10.0. The predicted molar refractivity (Wildman–Crippen MR) is 86.3 cm³/mol. The van der Waals surface area contributed by atoms with Crippen LogP contribution in [0.25, 0.3) is 0 Å². The van der Waals surface area contributed by atoms with Gasteiger partial charge in [0, 0.05) is 18.0 Å². The van der Waals surface area contributed by atoms with E-state index < -0.39 is 0 Å². The number of benzene rings is 1. The number of nitrogens with zero attached hydrogens (tertiary/aromatic N) is 2. The van der Waals surface area contributed by atoms with Crippen molar-refractivity contribution in [1.82, 2.24) is 4.98 Å². The molecule has 0 fully saturated rings. The minimum atomic E-state index is 0. The Labute approximate surface area is 135 Å². The monoisotopic (exact) mass is 306 g/mol. The highest BCUT2D eigenvalue weighted by atomic mass is 35.5. The summed E-state index contributed by atoms with van der Waals surface area (Å²) < 4.78 is 1.20. The molecule has 1 aromatic carbocycles. The molecule has 0 aliphatic carbocycles. The van der Waals surface area contributed by atoms with Gasteiger partial charge in [-0.3, -0.25) is 4.98 Å². The number of pyridine rings is 1. The average Bonchev–Trinajstić information content (AvgIpc) is 2.56. The molecule has 116 valence electrons. The molecule has 0 aliphatic heterocycles. The first-order valence-electron chi connectivity index (χ1n) is 7.50. The van der Waals surface area contributed by atoms with Gasteiger partial charge in [0.2, 0.25) is 0 Å². The van der Waals surface area contributed by atoms with Crippen LogP contribution >= 0.6 is 0 Å². The molecule has 0 N–H and O–H groups in total. The summed E-state index contributed by atoms with van der Waals surface area (Å²) in [5, 5.41) is 0. The lowest BCUT2D eigenvalue weighted by Crippen LogP contribution is -3.00. The van der Waals surface area contributed by atoms with E-state index >= 15 is 0 Å². The van der Waals surface area contributed by atoms with E-state index in [1.165, 1.54) is 36.2 Å². The summed E-state index contributed by atoms with van der Waals surface area (Å²) in [5.41, 5.74) is 1.46. The van der Waals surface area contributed by atoms with Crippen LogP contribution in [-0.2, 0) is 6.54 Å². The van der Waals surface area contributed by atoms with Gasteiger partial charge in [-0.1, -0.05) is 36.4 Å². The van der Waals surface area contributed by atoms with E-state index in [1.54, 1.807) is 12.4 Å². The maximum absolute atomic E-state index is 3.78. The topological polar surface area (TPSA) is 12.9 Å². The number of aromatic nitrogens is 1. The SMILES string of the molecule is CC[N+](CC)(CC)Cc1ccccc1.[Cl-].c1ccncc1. The lowest BCUT2D eigenvalue weighted by molar-refractivity contribution is -0.936. The highest BCUT2D eigenvalue weighted by Gasteiger charge is 2.20. The average molecular weight is 307 g/mol. The van der Waals surface area contributed by atoms with Crippen molar-refractivity contribution < 1.29 is 16.9 Å². The molecule has 0 saturated heterocycles. The van der Waals surface area contributed by atoms with Gasteiger partial charge in [-0.25, -0.2) is 0 Å². The number of halogens is 1. The fraction of sp³-hybridized carbons (Fsp3) is 0.389. The molecule has 0 saturated carbocycles. The fourth-order valence-electron chi connectivity index (χ4n) is 2.29. The van der Waals surface area contributed by atoms with Gasteiger partial charge in [0.25, 0.3) is 0 Å². The third kappa shape index (κ3) is 7.26. The van der Waals surface area contributed by atoms with E-state index in [9.17, 15) is 0 Å². The predicted octanol–water partition coefficient (Wildman–Crippen LogP) is 1.15. The molecular formula is C18H27ClN2. The largest absolute Gasteiger partial charge is 1.00 e. The van der Waals surface area contributed by atoms with Gasteiger partial charge in [-0.05, 0) is 32.9 Å². The van der Waals surface area contributed by atoms with Crippen molar-refractivity contribution in [3.05, 3.63) is 66.5 Å². The van der Waals surface area contributed by atoms with Crippen molar-refractivity contribution in [3.8, 4) is 0 Å². The molecule has 0 atom stereocenters. The lowest BCUT2D eigenvalue weighted by atomic mass is 10.2. The van der Waals surface area contributed by atoms with Crippen molar-refractivity contribution in [1.29, 1.82) is 0 Å². The van der Waals surface area contributed by atoms with Crippen LogP contribution in [0, 0.1) is 0 Å². The van der Waals surface area contributed by atoms with Gasteiger partial charge in [0.1, 0.15) is 6.54 Å². The van der Waals surface area contributed by atoms with E-state index in [-0.39, 0.29) is 12.4 Å². The van der Waals surface area contributed by atoms with Gasteiger partial charge in [-0.15, -0.1) is 0 Å². The van der Waals surface area contributed by atoms with Gasteiger partial charge in [0.15, 0.2) is 0 Å². The first-order chi connectivity index (χ1) is 9.76. The summed E-state index contributed by atoms with van der Waals surface area (Å²) in [6.07, 6.45) is 3.50. The summed E-state index contributed by atoms with van der Waals surface area (Å²) in [4.78, 5) is 3.78. The summed E-state index contributed by atoms with van der Waals surface area (Å²) in [6, 6.07) is 16.5. The smallest absolute Gasteiger partial charge is 0.104 e. The van der Waals surface area contributed by atoms with Crippen LogP contribution in [0.2, 0.25) is 0 Å². The number of hydrogen-bond acceptors (Lipinski definition) is 1. The Hall–Kier alpha value is -1.38. The Morgan fingerprint density at radius 2 is 1.24 bits per heavy atom. The molecule has 0 aliphatic rings. The van der Waals surface area contributed by atoms with Crippen LogP contribution in [0.3, 0.4) is 0 Å². The van der Waals surface area contributed by atoms with E-state index in [4.69, 9.17) is 0 Å². The second kappa shape index (κ2) is 11.3.